The minimum Gasteiger partial charge on any atom is -0.207 e. The molecule has 0 atom stereocenters. The quantitative estimate of drug-likeness (QED) is 0.854. The van der Waals surface area contributed by atoms with Crippen LogP contribution in [0, 0.1) is 11.3 Å². The third-order valence-corrected chi connectivity index (χ3v) is 5.62. The maximum Gasteiger partial charge on any atom is 0.244 e. The highest BCUT2D eigenvalue weighted by molar-refractivity contribution is 7.89. The highest BCUT2D eigenvalue weighted by Gasteiger charge is 2.29. The number of fused-ring (bicyclic) bond motifs is 1. The molecule has 1 aliphatic heterocycles. The Kier molecular flexibility index (Phi) is 3.50. The lowest BCUT2D eigenvalue weighted by Crippen LogP contribution is -2.36. The summed E-state index contributed by atoms with van der Waals surface area (Å²) in [4.78, 5) is 0.0897. The lowest BCUT2D eigenvalue weighted by atomic mass is 10.0. The van der Waals surface area contributed by atoms with Gasteiger partial charge in [-0.3, -0.25) is 0 Å². The van der Waals surface area contributed by atoms with Gasteiger partial charge < -0.3 is 0 Å². The van der Waals surface area contributed by atoms with E-state index in [9.17, 15) is 8.42 Å². The van der Waals surface area contributed by atoms with Crippen LogP contribution in [0.15, 0.2) is 53.4 Å². The maximum absolute atomic E-state index is 12.8. The van der Waals surface area contributed by atoms with Crippen molar-refractivity contribution in [2.24, 2.45) is 0 Å². The van der Waals surface area contributed by atoms with Crippen LogP contribution in [0.3, 0.4) is 0 Å². The first-order valence-electron chi connectivity index (χ1n) is 6.69. The lowest BCUT2D eigenvalue weighted by molar-refractivity contribution is 0.391. The smallest absolute Gasteiger partial charge is 0.207 e. The summed E-state index contributed by atoms with van der Waals surface area (Å²) in [6, 6.07) is 16.2. The van der Waals surface area contributed by atoms with Gasteiger partial charge in [0.05, 0.1) is 10.5 Å². The van der Waals surface area contributed by atoms with Crippen LogP contribution < -0.4 is 0 Å². The van der Waals surface area contributed by atoms with Gasteiger partial charge in [0.15, 0.2) is 0 Å². The van der Waals surface area contributed by atoms with Crippen molar-refractivity contribution in [3.05, 3.63) is 65.2 Å². The van der Waals surface area contributed by atoms with E-state index in [1.807, 2.05) is 30.3 Å². The van der Waals surface area contributed by atoms with Gasteiger partial charge in [-0.25, -0.2) is 8.42 Å². The lowest BCUT2D eigenvalue weighted by Gasteiger charge is -2.28. The summed E-state index contributed by atoms with van der Waals surface area (Å²) in [5, 5.41) is 9.10. The molecule has 2 aromatic rings. The fourth-order valence-corrected chi connectivity index (χ4v) is 4.16. The van der Waals surface area contributed by atoms with Gasteiger partial charge in [-0.1, -0.05) is 36.4 Å². The van der Waals surface area contributed by atoms with Crippen LogP contribution in [-0.2, 0) is 23.0 Å². The molecular weight excluding hydrogens is 284 g/mol. The Balaban J connectivity index is 2.00. The molecule has 1 aliphatic rings. The number of sulfonamides is 1. The molecule has 0 amide bonds. The molecule has 0 saturated heterocycles. The van der Waals surface area contributed by atoms with Crippen LogP contribution >= 0.6 is 0 Å². The molecule has 1 heterocycles. The highest BCUT2D eigenvalue weighted by Crippen LogP contribution is 2.26. The third kappa shape index (κ3) is 2.44. The molecule has 3 rings (SSSR count). The van der Waals surface area contributed by atoms with Crippen LogP contribution in [0.2, 0.25) is 0 Å². The zero-order valence-electron chi connectivity index (χ0n) is 11.4. The van der Waals surface area contributed by atoms with Gasteiger partial charge in [0.25, 0.3) is 0 Å². The summed E-state index contributed by atoms with van der Waals surface area (Å²) in [6.45, 7) is 0.803. The van der Waals surface area contributed by atoms with Gasteiger partial charge in [-0.05, 0) is 29.7 Å². The largest absolute Gasteiger partial charge is 0.244 e. The average molecular weight is 298 g/mol. The molecule has 0 radical (unpaired) electrons. The Morgan fingerprint density at radius 2 is 1.67 bits per heavy atom. The summed E-state index contributed by atoms with van der Waals surface area (Å²) >= 11 is 0. The Morgan fingerprint density at radius 3 is 2.43 bits per heavy atom. The number of nitriles is 1. The summed E-state index contributed by atoms with van der Waals surface area (Å²) in [5.74, 6) is 0. The minimum absolute atomic E-state index is 0.0897. The van der Waals surface area contributed by atoms with Gasteiger partial charge in [-0.2, -0.15) is 9.57 Å². The SMILES string of the molecule is N#Cc1ccccc1S(=O)(=O)N1CCc2ccccc2C1. The Bertz CT molecular complexity index is 822. The normalized spacial score (nSPS) is 15.2. The van der Waals surface area contributed by atoms with Crippen molar-refractivity contribution in [3.63, 3.8) is 0 Å². The third-order valence-electron chi connectivity index (χ3n) is 3.72. The van der Waals surface area contributed by atoms with Crippen LogP contribution in [-0.4, -0.2) is 19.3 Å². The summed E-state index contributed by atoms with van der Waals surface area (Å²) in [7, 11) is -3.64. The minimum atomic E-state index is -3.64. The molecule has 0 saturated carbocycles. The molecule has 21 heavy (non-hydrogen) atoms. The van der Waals surface area contributed by atoms with E-state index in [1.165, 1.54) is 22.0 Å². The van der Waals surface area contributed by atoms with Gasteiger partial charge in [0, 0.05) is 13.1 Å². The van der Waals surface area contributed by atoms with Crippen molar-refractivity contribution < 1.29 is 8.42 Å². The molecule has 0 N–H and O–H groups in total. The van der Waals surface area contributed by atoms with Gasteiger partial charge >= 0.3 is 0 Å². The van der Waals surface area contributed by atoms with Crippen LogP contribution in [0.5, 0.6) is 0 Å². The first-order chi connectivity index (χ1) is 10.1. The van der Waals surface area contributed by atoms with E-state index in [0.29, 0.717) is 19.5 Å². The van der Waals surface area contributed by atoms with Crippen molar-refractivity contribution in [1.29, 1.82) is 5.26 Å². The fourth-order valence-electron chi connectivity index (χ4n) is 2.60. The topological polar surface area (TPSA) is 61.2 Å². The number of hydrogen-bond donors (Lipinski definition) is 0. The molecule has 5 heteroatoms. The van der Waals surface area contributed by atoms with Gasteiger partial charge in [0.1, 0.15) is 6.07 Å². The second-order valence-corrected chi connectivity index (χ2v) is 6.87. The zero-order valence-corrected chi connectivity index (χ0v) is 12.2. The summed E-state index contributed by atoms with van der Waals surface area (Å²) in [5.41, 5.74) is 2.41. The number of benzene rings is 2. The van der Waals surface area contributed by atoms with Gasteiger partial charge in [0.2, 0.25) is 10.0 Å². The van der Waals surface area contributed by atoms with Crippen LogP contribution in [0.25, 0.3) is 0 Å². The van der Waals surface area contributed by atoms with Crippen LogP contribution in [0.1, 0.15) is 16.7 Å². The second kappa shape index (κ2) is 5.32. The van der Waals surface area contributed by atoms with Crippen molar-refractivity contribution in [1.82, 2.24) is 4.31 Å². The molecule has 0 unspecified atom stereocenters. The first kappa shape index (κ1) is 13.8. The molecule has 2 aromatic carbocycles. The van der Waals surface area contributed by atoms with Crippen LogP contribution in [0.4, 0.5) is 0 Å². The molecule has 0 aliphatic carbocycles. The van der Waals surface area contributed by atoms with E-state index >= 15 is 0 Å². The van der Waals surface area contributed by atoms with Crippen molar-refractivity contribution in [2.75, 3.05) is 6.54 Å². The van der Waals surface area contributed by atoms with Crippen molar-refractivity contribution in [2.45, 2.75) is 17.9 Å². The molecular formula is C16H14N2O2S. The van der Waals surface area contributed by atoms with Crippen molar-refractivity contribution >= 4 is 10.0 Å². The molecule has 4 nitrogen and oxygen atoms in total. The van der Waals surface area contributed by atoms with E-state index < -0.39 is 10.0 Å². The second-order valence-electron chi connectivity index (χ2n) is 4.97. The van der Waals surface area contributed by atoms with E-state index in [4.69, 9.17) is 5.26 Å². The Labute approximate surface area is 124 Å². The average Bonchev–Trinajstić information content (AvgIpc) is 2.54. The highest BCUT2D eigenvalue weighted by atomic mass is 32.2. The Hall–Kier alpha value is -2.16. The van der Waals surface area contributed by atoms with Crippen molar-refractivity contribution in [3.8, 4) is 6.07 Å². The van der Waals surface area contributed by atoms with E-state index in [-0.39, 0.29) is 10.5 Å². The maximum atomic E-state index is 12.8. The molecule has 0 aromatic heterocycles. The van der Waals surface area contributed by atoms with E-state index in [1.54, 1.807) is 12.1 Å². The molecule has 106 valence electrons. The standard InChI is InChI=1S/C16H14N2O2S/c17-11-14-6-3-4-8-16(14)21(19,20)18-10-9-13-5-1-2-7-15(13)12-18/h1-8H,9-10,12H2. The Morgan fingerprint density at radius 1 is 1.00 bits per heavy atom. The molecule has 0 fully saturated rings. The fraction of sp³-hybridized carbons (Fsp3) is 0.188. The van der Waals surface area contributed by atoms with E-state index in [2.05, 4.69) is 0 Å². The molecule has 0 spiro atoms. The van der Waals surface area contributed by atoms with E-state index in [0.717, 1.165) is 5.56 Å². The number of rotatable bonds is 2. The zero-order chi connectivity index (χ0) is 14.9. The summed E-state index contributed by atoms with van der Waals surface area (Å²) < 4.78 is 27.0. The van der Waals surface area contributed by atoms with Gasteiger partial charge in [-0.15, -0.1) is 0 Å². The summed E-state index contributed by atoms with van der Waals surface area (Å²) in [6.07, 6.45) is 0.699. The number of nitrogens with zero attached hydrogens (tertiary/aromatic N) is 2. The predicted molar refractivity (Wildman–Crippen MR) is 78.9 cm³/mol. The first-order valence-corrected chi connectivity index (χ1v) is 8.13. The molecule has 0 bridgehead atoms. The predicted octanol–water partition coefficient (Wildman–Crippen LogP) is 2.31. The monoisotopic (exact) mass is 298 g/mol. The number of hydrogen-bond acceptors (Lipinski definition) is 3.